The van der Waals surface area contributed by atoms with E-state index in [4.69, 9.17) is 16.0 Å². The fourth-order valence-electron chi connectivity index (χ4n) is 3.39. The minimum absolute atomic E-state index is 0.00198. The van der Waals surface area contributed by atoms with E-state index in [9.17, 15) is 4.79 Å². The Labute approximate surface area is 154 Å². The van der Waals surface area contributed by atoms with E-state index in [1.54, 1.807) is 18.4 Å². The molecule has 0 radical (unpaired) electrons. The Bertz CT molecular complexity index is 706. The molecule has 1 fully saturated rings. The quantitative estimate of drug-likeness (QED) is 0.797. The number of carbonyl (C=O) groups excluding carboxylic acids is 1. The molecular weight excluding hydrogens is 336 g/mol. The number of halogens is 1. The van der Waals surface area contributed by atoms with Gasteiger partial charge in [0.15, 0.2) is 0 Å². The molecule has 0 spiro atoms. The minimum Gasteiger partial charge on any atom is -0.467 e. The van der Waals surface area contributed by atoms with Crippen LogP contribution in [0.5, 0.6) is 0 Å². The van der Waals surface area contributed by atoms with E-state index in [2.05, 4.69) is 12.2 Å². The van der Waals surface area contributed by atoms with Crippen LogP contribution >= 0.6 is 11.6 Å². The summed E-state index contributed by atoms with van der Waals surface area (Å²) in [6.07, 6.45) is 6.17. The molecule has 1 heterocycles. The van der Waals surface area contributed by atoms with Gasteiger partial charge in [0.25, 0.3) is 5.91 Å². The van der Waals surface area contributed by atoms with E-state index in [1.807, 2.05) is 30.1 Å². The molecule has 1 aliphatic rings. The second-order valence-corrected chi connectivity index (χ2v) is 7.36. The highest BCUT2D eigenvalue weighted by Crippen LogP contribution is 2.29. The summed E-state index contributed by atoms with van der Waals surface area (Å²) in [5.41, 5.74) is 1.43. The number of amides is 1. The molecule has 0 atom stereocenters. The van der Waals surface area contributed by atoms with Crippen molar-refractivity contribution in [3.8, 4) is 0 Å². The van der Waals surface area contributed by atoms with E-state index in [1.165, 1.54) is 12.8 Å². The second kappa shape index (κ2) is 7.96. The highest BCUT2D eigenvalue weighted by molar-refractivity contribution is 6.34. The number of hydrogen-bond donors (Lipinski definition) is 1. The van der Waals surface area contributed by atoms with Gasteiger partial charge in [0, 0.05) is 18.8 Å². The first-order valence-corrected chi connectivity index (χ1v) is 9.25. The topological polar surface area (TPSA) is 45.5 Å². The van der Waals surface area contributed by atoms with Crippen LogP contribution in [-0.4, -0.2) is 23.9 Å². The van der Waals surface area contributed by atoms with Crippen LogP contribution in [0.25, 0.3) is 0 Å². The average Bonchev–Trinajstić information content (AvgIpc) is 3.13. The van der Waals surface area contributed by atoms with Crippen LogP contribution in [0.3, 0.4) is 0 Å². The molecule has 0 unspecified atom stereocenters. The lowest BCUT2D eigenvalue weighted by Crippen LogP contribution is -2.39. The van der Waals surface area contributed by atoms with E-state index < -0.39 is 0 Å². The molecule has 1 aliphatic carbocycles. The first-order chi connectivity index (χ1) is 12.0. The molecule has 25 heavy (non-hydrogen) atoms. The Morgan fingerprint density at radius 1 is 1.28 bits per heavy atom. The number of benzene rings is 1. The number of nitrogens with zero attached hydrogens (tertiary/aromatic N) is 1. The molecule has 1 aromatic heterocycles. The summed E-state index contributed by atoms with van der Waals surface area (Å²) < 4.78 is 5.30. The lowest BCUT2D eigenvalue weighted by atomic mass is 9.86. The molecule has 1 amide bonds. The van der Waals surface area contributed by atoms with Gasteiger partial charge in [-0.2, -0.15) is 0 Å². The summed E-state index contributed by atoms with van der Waals surface area (Å²) >= 11 is 6.38. The monoisotopic (exact) mass is 360 g/mol. The highest BCUT2D eigenvalue weighted by atomic mass is 35.5. The van der Waals surface area contributed by atoms with Gasteiger partial charge in [-0.3, -0.25) is 4.79 Å². The molecule has 4 nitrogen and oxygen atoms in total. The minimum atomic E-state index is 0.00198. The zero-order chi connectivity index (χ0) is 17.8. The van der Waals surface area contributed by atoms with Gasteiger partial charge >= 0.3 is 0 Å². The summed E-state index contributed by atoms with van der Waals surface area (Å²) in [5, 5.41) is 3.73. The van der Waals surface area contributed by atoms with Gasteiger partial charge in [-0.1, -0.05) is 18.5 Å². The molecule has 1 aromatic carbocycles. The molecule has 2 aromatic rings. The number of rotatable bonds is 5. The molecule has 0 bridgehead atoms. The fraction of sp³-hybridized carbons (Fsp3) is 0.450. The molecule has 5 heteroatoms. The van der Waals surface area contributed by atoms with Crippen molar-refractivity contribution in [2.24, 2.45) is 5.92 Å². The van der Waals surface area contributed by atoms with E-state index in [-0.39, 0.29) is 5.91 Å². The SMILES string of the molecule is CC1CCC(N(C)C(=O)c2ccc(NCc3ccco3)cc2Cl)CC1. The molecular formula is C20H25ClN2O2. The lowest BCUT2D eigenvalue weighted by molar-refractivity contribution is 0.0679. The van der Waals surface area contributed by atoms with Gasteiger partial charge in [-0.05, 0) is 61.9 Å². The first-order valence-electron chi connectivity index (χ1n) is 8.87. The van der Waals surface area contributed by atoms with E-state index in [0.29, 0.717) is 23.2 Å². The van der Waals surface area contributed by atoms with Crippen molar-refractivity contribution in [3.63, 3.8) is 0 Å². The number of anilines is 1. The zero-order valence-corrected chi connectivity index (χ0v) is 15.6. The van der Waals surface area contributed by atoms with Crippen molar-refractivity contribution in [1.29, 1.82) is 0 Å². The Morgan fingerprint density at radius 3 is 2.68 bits per heavy atom. The van der Waals surface area contributed by atoms with Crippen LogP contribution in [0, 0.1) is 5.92 Å². The number of furan rings is 1. The van der Waals surface area contributed by atoms with E-state index in [0.717, 1.165) is 30.2 Å². The Kier molecular flexibility index (Phi) is 5.69. The Morgan fingerprint density at radius 2 is 2.04 bits per heavy atom. The molecule has 134 valence electrons. The smallest absolute Gasteiger partial charge is 0.255 e. The van der Waals surface area contributed by atoms with Gasteiger partial charge in [0.1, 0.15) is 5.76 Å². The Hall–Kier alpha value is -1.94. The number of hydrogen-bond acceptors (Lipinski definition) is 3. The molecule has 0 saturated heterocycles. The maximum Gasteiger partial charge on any atom is 0.255 e. The molecule has 3 rings (SSSR count). The van der Waals surface area contributed by atoms with E-state index >= 15 is 0 Å². The van der Waals surface area contributed by atoms with Gasteiger partial charge in [-0.25, -0.2) is 0 Å². The zero-order valence-electron chi connectivity index (χ0n) is 14.8. The van der Waals surface area contributed by atoms with Gasteiger partial charge < -0.3 is 14.6 Å². The maximum absolute atomic E-state index is 12.8. The molecule has 0 aliphatic heterocycles. The Balaban J connectivity index is 1.64. The standard InChI is InChI=1S/C20H25ClN2O2/c1-14-5-8-16(9-6-14)23(2)20(24)18-10-7-15(12-19(18)21)22-13-17-4-3-11-25-17/h3-4,7,10-12,14,16,22H,5-6,8-9,13H2,1-2H3. The highest BCUT2D eigenvalue weighted by Gasteiger charge is 2.26. The first kappa shape index (κ1) is 17.9. The van der Waals surface area contributed by atoms with Crippen molar-refractivity contribution in [2.45, 2.75) is 45.2 Å². The van der Waals surface area contributed by atoms with Crippen LogP contribution < -0.4 is 5.32 Å². The van der Waals surface area contributed by atoms with Crippen molar-refractivity contribution in [2.75, 3.05) is 12.4 Å². The third-order valence-corrected chi connectivity index (χ3v) is 5.41. The maximum atomic E-state index is 12.8. The number of nitrogens with one attached hydrogen (secondary N) is 1. The van der Waals surface area contributed by atoms with Crippen LogP contribution in [0.4, 0.5) is 5.69 Å². The average molecular weight is 361 g/mol. The second-order valence-electron chi connectivity index (χ2n) is 6.96. The van der Waals surface area contributed by atoms with Crippen LogP contribution in [-0.2, 0) is 6.54 Å². The fourth-order valence-corrected chi connectivity index (χ4v) is 3.65. The van der Waals surface area contributed by atoms with Crippen molar-refractivity contribution in [1.82, 2.24) is 4.90 Å². The van der Waals surface area contributed by atoms with Crippen LogP contribution in [0.1, 0.15) is 48.7 Å². The predicted octanol–water partition coefficient (Wildman–Crippen LogP) is 5.20. The third-order valence-electron chi connectivity index (χ3n) is 5.10. The van der Waals surface area contributed by atoms with Crippen molar-refractivity contribution in [3.05, 3.63) is 52.9 Å². The summed E-state index contributed by atoms with van der Waals surface area (Å²) in [5.74, 6) is 1.62. The van der Waals surface area contributed by atoms with Crippen LogP contribution in [0.15, 0.2) is 41.0 Å². The van der Waals surface area contributed by atoms with Gasteiger partial charge in [-0.15, -0.1) is 0 Å². The van der Waals surface area contributed by atoms with Gasteiger partial charge in [0.05, 0.1) is 23.4 Å². The van der Waals surface area contributed by atoms with Crippen molar-refractivity contribution < 1.29 is 9.21 Å². The normalized spacial score (nSPS) is 20.3. The summed E-state index contributed by atoms with van der Waals surface area (Å²) in [6, 6.07) is 9.57. The van der Waals surface area contributed by atoms with Crippen molar-refractivity contribution >= 4 is 23.2 Å². The third kappa shape index (κ3) is 4.37. The summed E-state index contributed by atoms with van der Waals surface area (Å²) in [4.78, 5) is 14.7. The predicted molar refractivity (Wildman–Crippen MR) is 101 cm³/mol. The van der Waals surface area contributed by atoms with Crippen LogP contribution in [0.2, 0.25) is 5.02 Å². The largest absolute Gasteiger partial charge is 0.467 e. The molecule has 1 N–H and O–H groups in total. The summed E-state index contributed by atoms with van der Waals surface area (Å²) in [6.45, 7) is 2.86. The lowest BCUT2D eigenvalue weighted by Gasteiger charge is -2.33. The molecule has 1 saturated carbocycles. The summed E-state index contributed by atoms with van der Waals surface area (Å²) in [7, 11) is 1.89. The van der Waals surface area contributed by atoms with Gasteiger partial charge in [0.2, 0.25) is 0 Å². The number of carbonyl (C=O) groups is 1.